The highest BCUT2D eigenvalue weighted by molar-refractivity contribution is 5.79. The predicted molar refractivity (Wildman–Crippen MR) is 72.3 cm³/mol. The molecule has 0 fully saturated rings. The maximum atomic E-state index is 12.6. The molecule has 0 aromatic heterocycles. The van der Waals surface area contributed by atoms with Crippen molar-refractivity contribution in [2.24, 2.45) is 0 Å². The zero-order valence-electron chi connectivity index (χ0n) is 11.3. The average Bonchev–Trinajstić information content (AvgIpc) is 2.45. The standard InChI is InChI=1S/C16H13F3O2/c1-11-5-6-15(13(7-11)9-20)21-10-12-3-2-4-14(8-12)16(17,18)19/h2-9H,10H2,1H3. The molecule has 0 N–H and O–H groups in total. The van der Waals surface area contributed by atoms with E-state index in [9.17, 15) is 18.0 Å². The Bertz CT molecular complexity index is 648. The lowest BCUT2D eigenvalue weighted by Gasteiger charge is -2.11. The number of aldehydes is 1. The molecule has 0 aliphatic carbocycles. The first-order chi connectivity index (χ1) is 9.90. The van der Waals surface area contributed by atoms with Gasteiger partial charge in [-0.3, -0.25) is 4.79 Å². The van der Waals surface area contributed by atoms with Gasteiger partial charge >= 0.3 is 6.18 Å². The highest BCUT2D eigenvalue weighted by atomic mass is 19.4. The molecule has 110 valence electrons. The van der Waals surface area contributed by atoms with Crippen LogP contribution in [0, 0.1) is 6.92 Å². The average molecular weight is 294 g/mol. The molecular weight excluding hydrogens is 281 g/mol. The summed E-state index contributed by atoms with van der Waals surface area (Å²) in [6, 6.07) is 9.98. The molecule has 0 bridgehead atoms. The van der Waals surface area contributed by atoms with Gasteiger partial charge in [-0.05, 0) is 36.8 Å². The summed E-state index contributed by atoms with van der Waals surface area (Å²) in [5, 5.41) is 0. The first kappa shape index (κ1) is 15.1. The fraction of sp³-hybridized carbons (Fsp3) is 0.188. The minimum absolute atomic E-state index is 0.0339. The van der Waals surface area contributed by atoms with Crippen molar-refractivity contribution >= 4 is 6.29 Å². The van der Waals surface area contributed by atoms with Crippen LogP contribution < -0.4 is 4.74 Å². The molecule has 2 nitrogen and oxygen atoms in total. The summed E-state index contributed by atoms with van der Waals surface area (Å²) < 4.78 is 43.3. The monoisotopic (exact) mass is 294 g/mol. The lowest BCUT2D eigenvalue weighted by atomic mass is 10.1. The molecule has 21 heavy (non-hydrogen) atoms. The Morgan fingerprint density at radius 3 is 2.57 bits per heavy atom. The zero-order chi connectivity index (χ0) is 15.5. The van der Waals surface area contributed by atoms with Crippen molar-refractivity contribution in [2.75, 3.05) is 0 Å². The van der Waals surface area contributed by atoms with E-state index in [1.54, 1.807) is 24.3 Å². The van der Waals surface area contributed by atoms with E-state index in [1.165, 1.54) is 6.07 Å². The number of alkyl halides is 3. The lowest BCUT2D eigenvalue weighted by molar-refractivity contribution is -0.137. The van der Waals surface area contributed by atoms with E-state index in [2.05, 4.69) is 0 Å². The molecule has 0 saturated heterocycles. The summed E-state index contributed by atoms with van der Waals surface area (Å²) in [6.07, 6.45) is -3.72. The molecule has 2 aromatic carbocycles. The molecule has 2 aromatic rings. The van der Waals surface area contributed by atoms with Gasteiger partial charge in [-0.1, -0.05) is 23.8 Å². The van der Waals surface area contributed by atoms with Gasteiger partial charge in [0, 0.05) is 0 Å². The van der Waals surface area contributed by atoms with Gasteiger partial charge in [0.2, 0.25) is 0 Å². The third kappa shape index (κ3) is 3.84. The second-order valence-electron chi connectivity index (χ2n) is 4.65. The van der Waals surface area contributed by atoms with Crippen LogP contribution in [0.5, 0.6) is 5.75 Å². The van der Waals surface area contributed by atoms with Gasteiger partial charge in [-0.15, -0.1) is 0 Å². The van der Waals surface area contributed by atoms with Crippen molar-refractivity contribution in [1.82, 2.24) is 0 Å². The van der Waals surface area contributed by atoms with Crippen LogP contribution in [-0.4, -0.2) is 6.29 Å². The second kappa shape index (κ2) is 5.99. The van der Waals surface area contributed by atoms with Crippen LogP contribution >= 0.6 is 0 Å². The summed E-state index contributed by atoms with van der Waals surface area (Å²) in [5.41, 5.74) is 0.955. The van der Waals surface area contributed by atoms with Gasteiger partial charge in [0.15, 0.2) is 6.29 Å². The number of hydrogen-bond acceptors (Lipinski definition) is 2. The van der Waals surface area contributed by atoms with Crippen LogP contribution in [0.1, 0.15) is 27.0 Å². The maximum Gasteiger partial charge on any atom is 0.416 e. The van der Waals surface area contributed by atoms with Crippen LogP contribution in [-0.2, 0) is 12.8 Å². The quantitative estimate of drug-likeness (QED) is 0.781. The normalized spacial score (nSPS) is 11.2. The van der Waals surface area contributed by atoms with Crippen LogP contribution in [0.4, 0.5) is 13.2 Å². The smallest absolute Gasteiger partial charge is 0.416 e. The summed E-state index contributed by atoms with van der Waals surface area (Å²) >= 11 is 0. The Kier molecular flexibility index (Phi) is 4.31. The van der Waals surface area contributed by atoms with Gasteiger partial charge < -0.3 is 4.74 Å². The minimum Gasteiger partial charge on any atom is -0.488 e. The predicted octanol–water partition coefficient (Wildman–Crippen LogP) is 4.41. The Balaban J connectivity index is 2.15. The summed E-state index contributed by atoms with van der Waals surface area (Å²) in [6.45, 7) is 1.80. The number of carbonyl (C=O) groups is 1. The number of rotatable bonds is 4. The third-order valence-electron chi connectivity index (χ3n) is 2.94. The Morgan fingerprint density at radius 2 is 1.90 bits per heavy atom. The van der Waals surface area contributed by atoms with Gasteiger partial charge in [-0.2, -0.15) is 13.2 Å². The van der Waals surface area contributed by atoms with E-state index in [0.29, 0.717) is 23.2 Å². The number of hydrogen-bond donors (Lipinski definition) is 0. The van der Waals surface area contributed by atoms with Crippen molar-refractivity contribution in [2.45, 2.75) is 19.7 Å². The van der Waals surface area contributed by atoms with Gasteiger partial charge in [0.05, 0.1) is 11.1 Å². The molecule has 0 radical (unpaired) electrons. The summed E-state index contributed by atoms with van der Waals surface area (Å²) in [5.74, 6) is 0.355. The molecule has 2 rings (SSSR count). The molecular formula is C16H13F3O2. The van der Waals surface area contributed by atoms with Crippen molar-refractivity contribution in [3.8, 4) is 5.75 Å². The van der Waals surface area contributed by atoms with E-state index in [0.717, 1.165) is 17.7 Å². The van der Waals surface area contributed by atoms with Crippen molar-refractivity contribution in [1.29, 1.82) is 0 Å². The summed E-state index contributed by atoms with van der Waals surface area (Å²) in [7, 11) is 0. The second-order valence-corrected chi connectivity index (χ2v) is 4.65. The minimum atomic E-state index is -4.38. The van der Waals surface area contributed by atoms with Gasteiger partial charge in [0.1, 0.15) is 12.4 Å². The Hall–Kier alpha value is -2.30. The highest BCUT2D eigenvalue weighted by Crippen LogP contribution is 2.30. The Morgan fingerprint density at radius 1 is 1.14 bits per heavy atom. The zero-order valence-corrected chi connectivity index (χ0v) is 11.3. The van der Waals surface area contributed by atoms with Crippen LogP contribution in [0.15, 0.2) is 42.5 Å². The molecule has 0 atom stereocenters. The topological polar surface area (TPSA) is 26.3 Å². The molecule has 5 heteroatoms. The molecule has 0 amide bonds. The fourth-order valence-electron chi connectivity index (χ4n) is 1.89. The first-order valence-electron chi connectivity index (χ1n) is 6.25. The number of halogens is 3. The van der Waals surface area contributed by atoms with Crippen LogP contribution in [0.25, 0.3) is 0 Å². The number of ether oxygens (including phenoxy) is 1. The number of aryl methyl sites for hydroxylation is 1. The van der Waals surface area contributed by atoms with Gasteiger partial charge in [-0.25, -0.2) is 0 Å². The van der Waals surface area contributed by atoms with Crippen molar-refractivity contribution < 1.29 is 22.7 Å². The van der Waals surface area contributed by atoms with E-state index in [4.69, 9.17) is 4.74 Å². The van der Waals surface area contributed by atoms with Crippen LogP contribution in [0.2, 0.25) is 0 Å². The number of benzene rings is 2. The maximum absolute atomic E-state index is 12.6. The molecule has 0 saturated carbocycles. The van der Waals surface area contributed by atoms with E-state index in [1.807, 2.05) is 6.92 Å². The van der Waals surface area contributed by atoms with Crippen molar-refractivity contribution in [3.05, 3.63) is 64.7 Å². The van der Waals surface area contributed by atoms with Crippen LogP contribution in [0.3, 0.4) is 0 Å². The van der Waals surface area contributed by atoms with Gasteiger partial charge in [0.25, 0.3) is 0 Å². The van der Waals surface area contributed by atoms with E-state index >= 15 is 0 Å². The lowest BCUT2D eigenvalue weighted by Crippen LogP contribution is -2.06. The SMILES string of the molecule is Cc1ccc(OCc2cccc(C(F)(F)F)c2)c(C=O)c1. The summed E-state index contributed by atoms with van der Waals surface area (Å²) in [4.78, 5) is 10.9. The van der Waals surface area contributed by atoms with Crippen molar-refractivity contribution in [3.63, 3.8) is 0 Å². The number of carbonyl (C=O) groups excluding carboxylic acids is 1. The molecule has 0 aliphatic rings. The molecule has 0 unspecified atom stereocenters. The van der Waals surface area contributed by atoms with E-state index in [-0.39, 0.29) is 6.61 Å². The first-order valence-corrected chi connectivity index (χ1v) is 6.25. The van der Waals surface area contributed by atoms with E-state index < -0.39 is 11.7 Å². The molecule has 0 aliphatic heterocycles. The third-order valence-corrected chi connectivity index (χ3v) is 2.94. The highest BCUT2D eigenvalue weighted by Gasteiger charge is 2.30. The Labute approximate surface area is 120 Å². The molecule has 0 spiro atoms. The molecule has 0 heterocycles. The fourth-order valence-corrected chi connectivity index (χ4v) is 1.89. The largest absolute Gasteiger partial charge is 0.488 e.